The van der Waals surface area contributed by atoms with Crippen LogP contribution < -0.4 is 5.32 Å². The smallest absolute Gasteiger partial charge is 0.00452 e. The molecule has 1 N–H and O–H groups in total. The minimum atomic E-state index is 0.690. The first-order valence-corrected chi connectivity index (χ1v) is 4.64. The lowest BCUT2D eigenvalue weighted by Crippen LogP contribution is -2.16. The Bertz CT molecular complexity index is 242. The molecule has 0 bridgehead atoms. The molecular weight excluding hydrogens is 146 g/mol. The van der Waals surface area contributed by atoms with E-state index in [0.29, 0.717) is 6.04 Å². The summed E-state index contributed by atoms with van der Waals surface area (Å²) in [6, 6.07) is 11.5. The predicted molar refractivity (Wildman–Crippen MR) is 51.3 cm³/mol. The van der Waals surface area contributed by atoms with E-state index in [1.54, 1.807) is 0 Å². The number of nitrogens with one attached hydrogen (secondary N) is 1. The Morgan fingerprint density at radius 1 is 1.25 bits per heavy atom. The van der Waals surface area contributed by atoms with Crippen molar-refractivity contribution < 1.29 is 0 Å². The minimum Gasteiger partial charge on any atom is -0.314 e. The van der Waals surface area contributed by atoms with Crippen molar-refractivity contribution in [2.45, 2.75) is 25.3 Å². The third-order valence-electron chi connectivity index (χ3n) is 2.62. The maximum Gasteiger partial charge on any atom is 0.00452 e. The van der Waals surface area contributed by atoms with Crippen LogP contribution in [0.25, 0.3) is 0 Å². The summed E-state index contributed by atoms with van der Waals surface area (Å²) in [5.74, 6) is 0.737. The van der Waals surface area contributed by atoms with Gasteiger partial charge in [0.15, 0.2) is 0 Å². The Labute approximate surface area is 73.8 Å². The average Bonchev–Trinajstić information content (AvgIpc) is 2.54. The summed E-state index contributed by atoms with van der Waals surface area (Å²) in [7, 11) is 0. The molecule has 0 aromatic heterocycles. The SMILES string of the molecule is C[C@H]1C[C@H](c2ccccc2)CN1. The van der Waals surface area contributed by atoms with Crippen molar-refractivity contribution >= 4 is 0 Å². The van der Waals surface area contributed by atoms with Crippen molar-refractivity contribution in [3.05, 3.63) is 35.9 Å². The van der Waals surface area contributed by atoms with E-state index in [9.17, 15) is 0 Å². The molecule has 0 aliphatic carbocycles. The normalized spacial score (nSPS) is 29.1. The molecule has 0 unspecified atom stereocenters. The second kappa shape index (κ2) is 3.28. The summed E-state index contributed by atoms with van der Waals surface area (Å²) in [6.45, 7) is 3.40. The third-order valence-corrected chi connectivity index (χ3v) is 2.62. The second-order valence-corrected chi connectivity index (χ2v) is 3.65. The Kier molecular flexibility index (Phi) is 2.13. The highest BCUT2D eigenvalue weighted by Gasteiger charge is 2.21. The molecule has 0 saturated carbocycles. The van der Waals surface area contributed by atoms with Crippen LogP contribution in [-0.2, 0) is 0 Å². The van der Waals surface area contributed by atoms with Gasteiger partial charge < -0.3 is 5.32 Å². The maximum atomic E-state index is 3.47. The molecule has 2 rings (SSSR count). The van der Waals surface area contributed by atoms with E-state index in [2.05, 4.69) is 42.6 Å². The molecule has 12 heavy (non-hydrogen) atoms. The third kappa shape index (κ3) is 1.51. The standard InChI is InChI=1S/C11H15N/c1-9-7-11(8-12-9)10-5-3-2-4-6-10/h2-6,9,11-12H,7-8H2,1H3/t9-,11-/m0/s1. The first kappa shape index (κ1) is 7.81. The highest BCUT2D eigenvalue weighted by atomic mass is 14.9. The molecule has 1 aromatic rings. The molecule has 1 heterocycles. The summed E-state index contributed by atoms with van der Waals surface area (Å²) in [6.07, 6.45) is 1.28. The molecule has 1 aliphatic heterocycles. The van der Waals surface area contributed by atoms with Gasteiger partial charge in [0.2, 0.25) is 0 Å². The Morgan fingerprint density at radius 2 is 2.00 bits per heavy atom. The highest BCUT2D eigenvalue weighted by molar-refractivity contribution is 5.21. The monoisotopic (exact) mass is 161 g/mol. The van der Waals surface area contributed by atoms with Crippen LogP contribution in [0.5, 0.6) is 0 Å². The summed E-state index contributed by atoms with van der Waals surface area (Å²) < 4.78 is 0. The molecule has 0 amide bonds. The minimum absolute atomic E-state index is 0.690. The van der Waals surface area contributed by atoms with Crippen LogP contribution in [0.1, 0.15) is 24.8 Å². The zero-order chi connectivity index (χ0) is 8.39. The van der Waals surface area contributed by atoms with Crippen molar-refractivity contribution in [1.82, 2.24) is 5.32 Å². The average molecular weight is 161 g/mol. The Morgan fingerprint density at radius 3 is 2.58 bits per heavy atom. The maximum absolute atomic E-state index is 3.47. The van der Waals surface area contributed by atoms with Crippen molar-refractivity contribution in [3.63, 3.8) is 0 Å². The Balaban J connectivity index is 2.11. The topological polar surface area (TPSA) is 12.0 Å². The van der Waals surface area contributed by atoms with Crippen molar-refractivity contribution in [3.8, 4) is 0 Å². The fraction of sp³-hybridized carbons (Fsp3) is 0.455. The first-order chi connectivity index (χ1) is 5.86. The van der Waals surface area contributed by atoms with Crippen LogP contribution in [-0.4, -0.2) is 12.6 Å². The van der Waals surface area contributed by atoms with E-state index >= 15 is 0 Å². The van der Waals surface area contributed by atoms with Crippen molar-refractivity contribution in [2.75, 3.05) is 6.54 Å². The zero-order valence-electron chi connectivity index (χ0n) is 7.46. The van der Waals surface area contributed by atoms with Crippen LogP contribution in [0.15, 0.2) is 30.3 Å². The molecule has 1 fully saturated rings. The van der Waals surface area contributed by atoms with Gasteiger partial charge in [-0.05, 0) is 24.8 Å². The highest BCUT2D eigenvalue weighted by Crippen LogP contribution is 2.24. The van der Waals surface area contributed by atoms with E-state index in [-0.39, 0.29) is 0 Å². The van der Waals surface area contributed by atoms with E-state index < -0.39 is 0 Å². The molecule has 2 atom stereocenters. The van der Waals surface area contributed by atoms with Gasteiger partial charge in [-0.15, -0.1) is 0 Å². The summed E-state index contributed by atoms with van der Waals surface area (Å²) in [4.78, 5) is 0. The molecule has 0 radical (unpaired) electrons. The number of hydrogen-bond acceptors (Lipinski definition) is 1. The Hall–Kier alpha value is -0.820. The number of benzene rings is 1. The molecule has 1 heteroatoms. The number of rotatable bonds is 1. The number of hydrogen-bond donors (Lipinski definition) is 1. The van der Waals surface area contributed by atoms with Gasteiger partial charge in [-0.25, -0.2) is 0 Å². The van der Waals surface area contributed by atoms with E-state index in [1.807, 2.05) is 0 Å². The lowest BCUT2D eigenvalue weighted by atomic mass is 9.97. The van der Waals surface area contributed by atoms with Crippen molar-refractivity contribution in [1.29, 1.82) is 0 Å². The molecular formula is C11H15N. The molecule has 1 aliphatic rings. The van der Waals surface area contributed by atoms with Crippen molar-refractivity contribution in [2.24, 2.45) is 0 Å². The molecule has 1 nitrogen and oxygen atoms in total. The quantitative estimate of drug-likeness (QED) is 0.665. The predicted octanol–water partition coefficient (Wildman–Crippen LogP) is 2.15. The molecule has 64 valence electrons. The molecule has 1 aromatic carbocycles. The van der Waals surface area contributed by atoms with Crippen LogP contribution >= 0.6 is 0 Å². The van der Waals surface area contributed by atoms with Gasteiger partial charge >= 0.3 is 0 Å². The van der Waals surface area contributed by atoms with Crippen LogP contribution in [0, 0.1) is 0 Å². The van der Waals surface area contributed by atoms with Gasteiger partial charge in [0.1, 0.15) is 0 Å². The fourth-order valence-corrected chi connectivity index (χ4v) is 1.92. The largest absolute Gasteiger partial charge is 0.314 e. The summed E-state index contributed by atoms with van der Waals surface area (Å²) in [5.41, 5.74) is 1.48. The van der Waals surface area contributed by atoms with E-state index in [1.165, 1.54) is 12.0 Å². The van der Waals surface area contributed by atoms with Gasteiger partial charge in [0.05, 0.1) is 0 Å². The van der Waals surface area contributed by atoms with Gasteiger partial charge in [-0.3, -0.25) is 0 Å². The summed E-state index contributed by atoms with van der Waals surface area (Å²) in [5, 5.41) is 3.47. The van der Waals surface area contributed by atoms with Crippen LogP contribution in [0.3, 0.4) is 0 Å². The lowest BCUT2D eigenvalue weighted by molar-refractivity contribution is 0.658. The van der Waals surface area contributed by atoms with E-state index in [4.69, 9.17) is 0 Å². The summed E-state index contributed by atoms with van der Waals surface area (Å²) >= 11 is 0. The van der Waals surface area contributed by atoms with Crippen LogP contribution in [0.4, 0.5) is 0 Å². The molecule has 0 spiro atoms. The van der Waals surface area contributed by atoms with Gasteiger partial charge in [0, 0.05) is 12.6 Å². The fourth-order valence-electron chi connectivity index (χ4n) is 1.92. The van der Waals surface area contributed by atoms with E-state index in [0.717, 1.165) is 12.5 Å². The zero-order valence-corrected chi connectivity index (χ0v) is 7.46. The van der Waals surface area contributed by atoms with Gasteiger partial charge in [0.25, 0.3) is 0 Å². The molecule has 1 saturated heterocycles. The second-order valence-electron chi connectivity index (χ2n) is 3.65. The van der Waals surface area contributed by atoms with Gasteiger partial charge in [-0.1, -0.05) is 30.3 Å². The first-order valence-electron chi connectivity index (χ1n) is 4.64. The van der Waals surface area contributed by atoms with Crippen LogP contribution in [0.2, 0.25) is 0 Å². The van der Waals surface area contributed by atoms with Gasteiger partial charge in [-0.2, -0.15) is 0 Å². The lowest BCUT2D eigenvalue weighted by Gasteiger charge is -2.07.